The van der Waals surface area contributed by atoms with Crippen molar-refractivity contribution in [1.82, 2.24) is 5.32 Å². The van der Waals surface area contributed by atoms with E-state index in [1.165, 1.54) is 17.7 Å². The van der Waals surface area contributed by atoms with Gasteiger partial charge in [-0.25, -0.2) is 0 Å². The molecular formula is C26H27ClN2O2. The molecule has 0 bridgehead atoms. The van der Waals surface area contributed by atoms with Gasteiger partial charge >= 0.3 is 0 Å². The largest absolute Gasteiger partial charge is 0.489 e. The van der Waals surface area contributed by atoms with Crippen molar-refractivity contribution in [2.24, 2.45) is 0 Å². The molecule has 0 atom stereocenters. The number of amides is 1. The maximum absolute atomic E-state index is 12.6. The summed E-state index contributed by atoms with van der Waals surface area (Å²) >= 11 is 6.18. The summed E-state index contributed by atoms with van der Waals surface area (Å²) in [5, 5.41) is 3.70. The molecule has 4 rings (SSSR count). The number of ether oxygens (including phenoxy) is 1. The van der Waals surface area contributed by atoms with Crippen LogP contribution in [-0.4, -0.2) is 25.5 Å². The van der Waals surface area contributed by atoms with E-state index in [-0.39, 0.29) is 5.91 Å². The number of rotatable bonds is 8. The zero-order valence-electron chi connectivity index (χ0n) is 17.5. The summed E-state index contributed by atoms with van der Waals surface area (Å²) in [5.41, 5.74) is 4.27. The molecule has 1 aliphatic rings. The molecule has 0 aromatic heterocycles. The maximum atomic E-state index is 12.6. The molecule has 0 aliphatic carbocycles. The van der Waals surface area contributed by atoms with Gasteiger partial charge in [-0.2, -0.15) is 0 Å². The summed E-state index contributed by atoms with van der Waals surface area (Å²) in [6, 6.07) is 23.5. The summed E-state index contributed by atoms with van der Waals surface area (Å²) < 4.78 is 5.83. The van der Waals surface area contributed by atoms with Gasteiger partial charge in [-0.3, -0.25) is 4.79 Å². The number of aryl methyl sites for hydroxylation is 1. The molecule has 0 spiro atoms. The lowest BCUT2D eigenvalue weighted by molar-refractivity contribution is 0.0953. The molecule has 0 saturated heterocycles. The van der Waals surface area contributed by atoms with Crippen molar-refractivity contribution in [1.29, 1.82) is 0 Å². The number of para-hydroxylation sites is 1. The van der Waals surface area contributed by atoms with Crippen LogP contribution in [0.4, 0.5) is 5.69 Å². The van der Waals surface area contributed by atoms with Crippen LogP contribution in [0.1, 0.15) is 34.3 Å². The fourth-order valence-corrected chi connectivity index (χ4v) is 4.11. The highest BCUT2D eigenvalue weighted by atomic mass is 35.5. The van der Waals surface area contributed by atoms with E-state index in [1.54, 1.807) is 12.1 Å². The lowest BCUT2D eigenvalue weighted by Gasteiger charge is -2.31. The summed E-state index contributed by atoms with van der Waals surface area (Å²) in [6.07, 6.45) is 3.24. The molecular weight excluding hydrogens is 408 g/mol. The molecule has 0 saturated carbocycles. The molecule has 160 valence electrons. The normalized spacial score (nSPS) is 12.9. The Kier molecular flexibility index (Phi) is 7.11. The summed E-state index contributed by atoms with van der Waals surface area (Å²) in [7, 11) is 0. The Labute approximate surface area is 188 Å². The number of nitrogens with zero attached hydrogens (tertiary/aromatic N) is 1. The Morgan fingerprint density at radius 1 is 1.03 bits per heavy atom. The molecule has 5 heteroatoms. The predicted octanol–water partition coefficient (Wildman–Crippen LogP) is 5.49. The van der Waals surface area contributed by atoms with E-state index in [9.17, 15) is 4.79 Å². The summed E-state index contributed by atoms with van der Waals surface area (Å²) in [6.45, 7) is 3.03. The average Bonchev–Trinajstić information content (AvgIpc) is 2.81. The SMILES string of the molecule is O=C(NCCCN1CCCc2ccccc21)c1cccc(OCc2ccccc2Cl)c1. The summed E-state index contributed by atoms with van der Waals surface area (Å²) in [4.78, 5) is 15.0. The number of nitrogens with one attached hydrogen (secondary N) is 1. The molecule has 3 aromatic rings. The maximum Gasteiger partial charge on any atom is 0.251 e. The highest BCUT2D eigenvalue weighted by molar-refractivity contribution is 6.31. The fourth-order valence-electron chi connectivity index (χ4n) is 3.92. The molecule has 0 unspecified atom stereocenters. The van der Waals surface area contributed by atoms with E-state index >= 15 is 0 Å². The molecule has 0 radical (unpaired) electrons. The zero-order chi connectivity index (χ0) is 21.5. The Morgan fingerprint density at radius 3 is 2.77 bits per heavy atom. The van der Waals surface area contributed by atoms with Crippen LogP contribution in [0.3, 0.4) is 0 Å². The van der Waals surface area contributed by atoms with Crippen molar-refractivity contribution in [2.75, 3.05) is 24.5 Å². The number of carbonyl (C=O) groups is 1. The van der Waals surface area contributed by atoms with Crippen LogP contribution < -0.4 is 15.0 Å². The Balaban J connectivity index is 1.26. The molecule has 31 heavy (non-hydrogen) atoms. The smallest absolute Gasteiger partial charge is 0.251 e. The number of anilines is 1. The first-order chi connectivity index (χ1) is 15.2. The van der Waals surface area contributed by atoms with Gasteiger partial charge in [-0.1, -0.05) is 54.1 Å². The van der Waals surface area contributed by atoms with Crippen LogP contribution in [0.5, 0.6) is 5.75 Å². The Morgan fingerprint density at radius 2 is 1.87 bits per heavy atom. The van der Waals surface area contributed by atoms with E-state index in [1.807, 2.05) is 36.4 Å². The summed E-state index contributed by atoms with van der Waals surface area (Å²) in [5.74, 6) is 0.569. The lowest BCUT2D eigenvalue weighted by Crippen LogP contribution is -2.33. The van der Waals surface area contributed by atoms with E-state index < -0.39 is 0 Å². The van der Waals surface area contributed by atoms with Gasteiger partial charge in [-0.15, -0.1) is 0 Å². The number of hydrogen-bond donors (Lipinski definition) is 1. The number of halogens is 1. The van der Waals surface area contributed by atoms with Crippen LogP contribution in [-0.2, 0) is 13.0 Å². The van der Waals surface area contributed by atoms with E-state index in [2.05, 4.69) is 34.5 Å². The van der Waals surface area contributed by atoms with Crippen LogP contribution >= 0.6 is 11.6 Å². The highest BCUT2D eigenvalue weighted by Crippen LogP contribution is 2.26. The topological polar surface area (TPSA) is 41.6 Å². The predicted molar refractivity (Wildman–Crippen MR) is 126 cm³/mol. The fraction of sp³-hybridized carbons (Fsp3) is 0.269. The highest BCUT2D eigenvalue weighted by Gasteiger charge is 2.15. The molecule has 1 heterocycles. The van der Waals surface area contributed by atoms with Crippen molar-refractivity contribution in [2.45, 2.75) is 25.9 Å². The van der Waals surface area contributed by atoms with Gasteiger partial charge in [0.1, 0.15) is 12.4 Å². The van der Waals surface area contributed by atoms with Gasteiger partial charge in [-0.05, 0) is 55.2 Å². The minimum atomic E-state index is -0.0813. The second-order valence-corrected chi connectivity index (χ2v) is 8.14. The number of benzene rings is 3. The van der Waals surface area contributed by atoms with Crippen molar-refractivity contribution in [3.8, 4) is 5.75 Å². The molecule has 1 N–H and O–H groups in total. The van der Waals surface area contributed by atoms with Crippen LogP contribution in [0, 0.1) is 0 Å². The van der Waals surface area contributed by atoms with Gasteiger partial charge in [0, 0.05) is 41.5 Å². The number of hydrogen-bond acceptors (Lipinski definition) is 3. The average molecular weight is 435 g/mol. The van der Waals surface area contributed by atoms with Crippen LogP contribution in [0.2, 0.25) is 5.02 Å². The molecule has 4 nitrogen and oxygen atoms in total. The van der Waals surface area contributed by atoms with Crippen molar-refractivity contribution < 1.29 is 9.53 Å². The number of carbonyl (C=O) groups excluding carboxylic acids is 1. The van der Waals surface area contributed by atoms with Crippen LogP contribution in [0.25, 0.3) is 0 Å². The second-order valence-electron chi connectivity index (χ2n) is 7.74. The van der Waals surface area contributed by atoms with Gasteiger partial charge < -0.3 is 15.0 Å². The molecule has 3 aromatic carbocycles. The molecule has 1 amide bonds. The first-order valence-electron chi connectivity index (χ1n) is 10.8. The number of fused-ring (bicyclic) bond motifs is 1. The third kappa shape index (κ3) is 5.59. The van der Waals surface area contributed by atoms with Crippen LogP contribution in [0.15, 0.2) is 72.8 Å². The minimum absolute atomic E-state index is 0.0813. The third-order valence-electron chi connectivity index (χ3n) is 5.55. The zero-order valence-corrected chi connectivity index (χ0v) is 18.3. The van der Waals surface area contributed by atoms with Crippen molar-refractivity contribution in [3.63, 3.8) is 0 Å². The standard InChI is InChI=1S/C26H27ClN2O2/c27-24-13-3-1-9-22(24)19-31-23-12-5-10-21(18-23)26(30)28-15-7-17-29-16-6-11-20-8-2-4-14-25(20)29/h1-5,8-10,12-14,18H,6-7,11,15-17,19H2,(H,28,30). The van der Waals surface area contributed by atoms with Crippen molar-refractivity contribution in [3.05, 3.63) is 94.5 Å². The third-order valence-corrected chi connectivity index (χ3v) is 5.91. The van der Waals surface area contributed by atoms with Gasteiger partial charge in [0.05, 0.1) is 0 Å². The Hall–Kier alpha value is -2.98. The van der Waals surface area contributed by atoms with Crippen molar-refractivity contribution >= 4 is 23.2 Å². The molecule has 0 fully saturated rings. The Bertz CT molecular complexity index is 1040. The van der Waals surface area contributed by atoms with E-state index in [0.29, 0.717) is 29.5 Å². The van der Waals surface area contributed by atoms with Gasteiger partial charge in [0.2, 0.25) is 0 Å². The minimum Gasteiger partial charge on any atom is -0.489 e. The monoisotopic (exact) mass is 434 g/mol. The van der Waals surface area contributed by atoms with E-state index in [4.69, 9.17) is 16.3 Å². The molecule has 1 aliphatic heterocycles. The quantitative estimate of drug-likeness (QED) is 0.476. The first-order valence-corrected chi connectivity index (χ1v) is 11.2. The van der Waals surface area contributed by atoms with Gasteiger partial charge in [0.25, 0.3) is 5.91 Å². The lowest BCUT2D eigenvalue weighted by atomic mass is 10.0. The first kappa shape index (κ1) is 21.3. The van der Waals surface area contributed by atoms with Gasteiger partial charge in [0.15, 0.2) is 0 Å². The second kappa shape index (κ2) is 10.4. The van der Waals surface area contributed by atoms with E-state index in [0.717, 1.165) is 31.5 Å².